The second kappa shape index (κ2) is 12.2. The largest absolute Gasteiger partial charge is 0.340 e. The van der Waals surface area contributed by atoms with E-state index in [0.717, 1.165) is 73.5 Å². The lowest BCUT2D eigenvalue weighted by molar-refractivity contribution is -0.133. The lowest BCUT2D eigenvalue weighted by Gasteiger charge is -2.34. The molecule has 1 aliphatic heterocycles. The molecule has 7 nitrogen and oxygen atoms in total. The van der Waals surface area contributed by atoms with Gasteiger partial charge in [-0.05, 0) is 30.5 Å². The second-order valence-electron chi connectivity index (χ2n) is 10.5. The zero-order chi connectivity index (χ0) is 27.3. The molecule has 8 heteroatoms. The van der Waals surface area contributed by atoms with E-state index in [2.05, 4.69) is 93.3 Å². The number of para-hydroxylation sites is 1. The Kier molecular flexibility index (Phi) is 8.07. The van der Waals surface area contributed by atoms with E-state index in [1.165, 1.54) is 16.7 Å². The van der Waals surface area contributed by atoms with E-state index in [-0.39, 0.29) is 5.91 Å². The first-order chi connectivity index (χ1) is 19.6. The van der Waals surface area contributed by atoms with Crippen molar-refractivity contribution in [3.63, 3.8) is 0 Å². The van der Waals surface area contributed by atoms with Gasteiger partial charge in [-0.25, -0.2) is 4.98 Å². The first-order valence-electron chi connectivity index (χ1n) is 14.0. The molecule has 0 saturated carbocycles. The molecule has 0 bridgehead atoms. The number of amides is 1. The van der Waals surface area contributed by atoms with Crippen molar-refractivity contribution >= 4 is 39.7 Å². The van der Waals surface area contributed by atoms with Crippen LogP contribution in [0.5, 0.6) is 0 Å². The van der Waals surface area contributed by atoms with E-state index in [1.54, 1.807) is 11.8 Å². The van der Waals surface area contributed by atoms with Crippen LogP contribution in [-0.4, -0.2) is 67.4 Å². The topological polar surface area (TPSA) is 67.2 Å². The van der Waals surface area contributed by atoms with E-state index in [0.29, 0.717) is 11.6 Å². The fourth-order valence-corrected chi connectivity index (χ4v) is 6.17. The zero-order valence-electron chi connectivity index (χ0n) is 22.9. The number of thioether (sulfide) groups is 1. The van der Waals surface area contributed by atoms with Crippen LogP contribution in [0.4, 0.5) is 0 Å². The van der Waals surface area contributed by atoms with Gasteiger partial charge in [0.2, 0.25) is 11.1 Å². The third-order valence-electron chi connectivity index (χ3n) is 7.52. The number of rotatable bonds is 9. The number of fused-ring (bicyclic) bond motifs is 3. The molecule has 1 fully saturated rings. The molecule has 0 aliphatic carbocycles. The van der Waals surface area contributed by atoms with Crippen molar-refractivity contribution in [2.75, 3.05) is 31.9 Å². The van der Waals surface area contributed by atoms with Crippen molar-refractivity contribution < 1.29 is 4.79 Å². The summed E-state index contributed by atoms with van der Waals surface area (Å²) < 4.78 is 2.24. The van der Waals surface area contributed by atoms with Gasteiger partial charge in [-0.15, -0.1) is 10.2 Å². The highest BCUT2D eigenvalue weighted by molar-refractivity contribution is 7.99. The maximum absolute atomic E-state index is 12.8. The fourth-order valence-electron chi connectivity index (χ4n) is 5.45. The molecule has 3 aromatic carbocycles. The predicted molar refractivity (Wildman–Crippen MR) is 161 cm³/mol. The van der Waals surface area contributed by atoms with Crippen molar-refractivity contribution in [3.8, 4) is 0 Å². The normalized spacial score (nSPS) is 14.3. The molecule has 204 valence electrons. The van der Waals surface area contributed by atoms with Crippen LogP contribution in [-0.2, 0) is 17.9 Å². The first kappa shape index (κ1) is 26.5. The maximum atomic E-state index is 12.8. The van der Waals surface area contributed by atoms with Crippen LogP contribution in [0.2, 0.25) is 0 Å². The Hall–Kier alpha value is -3.75. The molecule has 1 saturated heterocycles. The number of carbonyl (C=O) groups excluding carboxylic acids is 1. The van der Waals surface area contributed by atoms with Gasteiger partial charge in [-0.3, -0.25) is 9.69 Å². The van der Waals surface area contributed by atoms with Gasteiger partial charge in [0, 0.05) is 56.8 Å². The third kappa shape index (κ3) is 6.03. The Labute approximate surface area is 239 Å². The number of benzene rings is 3. The minimum atomic E-state index is 0.243. The predicted octanol–water partition coefficient (Wildman–Crippen LogP) is 5.55. The van der Waals surface area contributed by atoms with E-state index in [1.807, 2.05) is 17.0 Å². The van der Waals surface area contributed by atoms with Crippen LogP contribution < -0.4 is 0 Å². The highest BCUT2D eigenvalue weighted by Gasteiger charge is 2.21. The van der Waals surface area contributed by atoms with Crippen LogP contribution in [0.25, 0.3) is 22.1 Å². The monoisotopic (exact) mass is 550 g/mol. The van der Waals surface area contributed by atoms with Crippen LogP contribution in [0.1, 0.15) is 29.5 Å². The van der Waals surface area contributed by atoms with Crippen molar-refractivity contribution in [1.29, 1.82) is 0 Å². The summed E-state index contributed by atoms with van der Waals surface area (Å²) in [5, 5.41) is 10.7. The lowest BCUT2D eigenvalue weighted by Crippen LogP contribution is -2.48. The summed E-state index contributed by atoms with van der Waals surface area (Å²) in [4.78, 5) is 22.2. The molecule has 0 N–H and O–H groups in total. The molecule has 5 aromatic rings. The molecule has 2 aromatic heterocycles. The van der Waals surface area contributed by atoms with Gasteiger partial charge in [0.15, 0.2) is 5.65 Å². The molecule has 6 rings (SSSR count). The summed E-state index contributed by atoms with van der Waals surface area (Å²) in [6.45, 7) is 7.23. The Balaban J connectivity index is 1.05. The van der Waals surface area contributed by atoms with Crippen molar-refractivity contribution in [2.24, 2.45) is 0 Å². The van der Waals surface area contributed by atoms with Gasteiger partial charge < -0.3 is 9.47 Å². The van der Waals surface area contributed by atoms with Crippen molar-refractivity contribution in [3.05, 3.63) is 95.6 Å². The molecule has 1 aliphatic rings. The van der Waals surface area contributed by atoms with Gasteiger partial charge in [0.05, 0.1) is 5.52 Å². The van der Waals surface area contributed by atoms with Crippen LogP contribution >= 0.6 is 11.8 Å². The Morgan fingerprint density at radius 3 is 2.45 bits per heavy atom. The first-order valence-corrected chi connectivity index (χ1v) is 15.0. The highest BCUT2D eigenvalue weighted by Crippen LogP contribution is 2.28. The van der Waals surface area contributed by atoms with Crippen molar-refractivity contribution in [2.45, 2.75) is 38.0 Å². The van der Waals surface area contributed by atoms with Crippen LogP contribution in [0, 0.1) is 6.92 Å². The molecule has 40 heavy (non-hydrogen) atoms. The quantitative estimate of drug-likeness (QED) is 0.177. The molecular weight excluding hydrogens is 516 g/mol. The van der Waals surface area contributed by atoms with Crippen LogP contribution in [0.15, 0.2) is 84.0 Å². The molecular formula is C32H34N6OS. The van der Waals surface area contributed by atoms with E-state index >= 15 is 0 Å². The Morgan fingerprint density at radius 2 is 1.62 bits per heavy atom. The standard InChI is InChI=1S/C32H34N6OS/c1-24-9-7-12-26(21-24)23-38-28-14-6-5-13-27(28)30-31(38)33-32(35-34-30)40-20-8-15-29(39)37-18-16-36(17-19-37)22-25-10-3-2-4-11-25/h2-7,9-14,21H,8,15-20,22-23H2,1H3. The van der Waals surface area contributed by atoms with E-state index < -0.39 is 0 Å². The Morgan fingerprint density at radius 1 is 0.850 bits per heavy atom. The number of nitrogens with zero attached hydrogens (tertiary/aromatic N) is 6. The van der Waals surface area contributed by atoms with E-state index in [4.69, 9.17) is 4.98 Å². The SMILES string of the molecule is Cc1cccc(Cn2c3ccccc3c3nnc(SCCCC(=O)N4CCN(Cc5ccccc5)CC4)nc32)c1. The summed E-state index contributed by atoms with van der Waals surface area (Å²) in [7, 11) is 0. The average Bonchev–Trinajstić information content (AvgIpc) is 3.29. The highest BCUT2D eigenvalue weighted by atomic mass is 32.2. The van der Waals surface area contributed by atoms with Crippen LogP contribution in [0.3, 0.4) is 0 Å². The number of aryl methyl sites for hydroxylation is 1. The molecule has 3 heterocycles. The van der Waals surface area contributed by atoms with Gasteiger partial charge in [0.25, 0.3) is 0 Å². The molecule has 0 spiro atoms. The smallest absolute Gasteiger partial charge is 0.222 e. The zero-order valence-corrected chi connectivity index (χ0v) is 23.7. The van der Waals surface area contributed by atoms with Gasteiger partial charge >= 0.3 is 0 Å². The van der Waals surface area contributed by atoms with Gasteiger partial charge in [0.1, 0.15) is 5.52 Å². The molecule has 0 atom stereocenters. The average molecular weight is 551 g/mol. The number of hydrogen-bond acceptors (Lipinski definition) is 6. The molecule has 1 amide bonds. The van der Waals surface area contributed by atoms with Crippen molar-refractivity contribution in [1.82, 2.24) is 29.5 Å². The fraction of sp³-hybridized carbons (Fsp3) is 0.312. The second-order valence-corrected chi connectivity index (χ2v) is 11.5. The van der Waals surface area contributed by atoms with E-state index in [9.17, 15) is 4.79 Å². The summed E-state index contributed by atoms with van der Waals surface area (Å²) in [5.74, 6) is 1.03. The molecule has 0 radical (unpaired) electrons. The number of aromatic nitrogens is 4. The molecule has 0 unspecified atom stereocenters. The minimum absolute atomic E-state index is 0.243. The summed E-state index contributed by atoms with van der Waals surface area (Å²) in [5.41, 5.74) is 6.58. The maximum Gasteiger partial charge on any atom is 0.222 e. The number of piperazine rings is 1. The summed E-state index contributed by atoms with van der Waals surface area (Å²) >= 11 is 1.58. The third-order valence-corrected chi connectivity index (χ3v) is 8.44. The number of hydrogen-bond donors (Lipinski definition) is 0. The minimum Gasteiger partial charge on any atom is -0.340 e. The van der Waals surface area contributed by atoms with Gasteiger partial charge in [-0.2, -0.15) is 0 Å². The van der Waals surface area contributed by atoms with Gasteiger partial charge in [-0.1, -0.05) is 90.1 Å². The number of carbonyl (C=O) groups is 1. The lowest BCUT2D eigenvalue weighted by atomic mass is 10.1. The summed E-state index contributed by atoms with van der Waals surface area (Å²) in [6, 6.07) is 27.4. The summed E-state index contributed by atoms with van der Waals surface area (Å²) in [6.07, 6.45) is 1.34. The Bertz CT molecular complexity index is 1610.